The lowest BCUT2D eigenvalue weighted by atomic mass is 9.97. The Labute approximate surface area is 105 Å². The van der Waals surface area contributed by atoms with Gasteiger partial charge in [-0.3, -0.25) is 9.48 Å². The van der Waals surface area contributed by atoms with Crippen molar-refractivity contribution < 1.29 is 9.53 Å². The Morgan fingerprint density at radius 3 is 2.89 bits per heavy atom. The van der Waals surface area contributed by atoms with Crippen LogP contribution in [0.25, 0.3) is 0 Å². The van der Waals surface area contributed by atoms with Crippen molar-refractivity contribution in [3.8, 4) is 5.75 Å². The number of hydrogen-bond acceptors (Lipinski definition) is 3. The molecule has 1 aliphatic heterocycles. The number of hydrogen-bond donors (Lipinski definition) is 0. The summed E-state index contributed by atoms with van der Waals surface area (Å²) in [4.78, 5) is 12.1. The normalized spacial score (nSPS) is 18.3. The molecule has 0 saturated carbocycles. The average Bonchev–Trinajstić information content (AvgIpc) is 2.70. The van der Waals surface area contributed by atoms with E-state index in [-0.39, 0.29) is 11.9 Å². The van der Waals surface area contributed by atoms with Gasteiger partial charge in [-0.25, -0.2) is 0 Å². The smallest absolute Gasteiger partial charge is 0.170 e. The van der Waals surface area contributed by atoms with Gasteiger partial charge in [-0.15, -0.1) is 0 Å². The monoisotopic (exact) mass is 242 g/mol. The Kier molecular flexibility index (Phi) is 2.44. The summed E-state index contributed by atoms with van der Waals surface area (Å²) < 4.78 is 7.70. The van der Waals surface area contributed by atoms with Crippen molar-refractivity contribution in [3.63, 3.8) is 0 Å². The minimum absolute atomic E-state index is 0.130. The number of ketones is 1. The Hall–Kier alpha value is -2.10. The lowest BCUT2D eigenvalue weighted by Gasteiger charge is -2.24. The van der Waals surface area contributed by atoms with Crippen LogP contribution < -0.4 is 4.74 Å². The Morgan fingerprint density at radius 2 is 2.17 bits per heavy atom. The number of nitrogens with zero attached hydrogens (tertiary/aromatic N) is 2. The fraction of sp³-hybridized carbons (Fsp3) is 0.286. The molecule has 1 aliphatic rings. The van der Waals surface area contributed by atoms with E-state index >= 15 is 0 Å². The van der Waals surface area contributed by atoms with Gasteiger partial charge in [0.15, 0.2) is 5.78 Å². The maximum absolute atomic E-state index is 12.1. The van der Waals surface area contributed by atoms with E-state index in [1.165, 1.54) is 0 Å². The average molecular weight is 242 g/mol. The van der Waals surface area contributed by atoms with Crippen LogP contribution in [0.5, 0.6) is 5.75 Å². The van der Waals surface area contributed by atoms with Gasteiger partial charge in [0.2, 0.25) is 0 Å². The van der Waals surface area contributed by atoms with E-state index in [2.05, 4.69) is 5.10 Å². The molecule has 0 radical (unpaired) electrons. The third kappa shape index (κ3) is 1.61. The molecule has 0 amide bonds. The van der Waals surface area contributed by atoms with E-state index in [1.807, 2.05) is 38.2 Å². The van der Waals surface area contributed by atoms with Crippen LogP contribution in [-0.4, -0.2) is 15.6 Å². The third-order valence-corrected chi connectivity index (χ3v) is 3.45. The maximum atomic E-state index is 12.1. The summed E-state index contributed by atoms with van der Waals surface area (Å²) in [6, 6.07) is 7.38. The van der Waals surface area contributed by atoms with E-state index in [9.17, 15) is 4.79 Å². The van der Waals surface area contributed by atoms with Crippen molar-refractivity contribution in [2.45, 2.75) is 19.4 Å². The molecule has 0 bridgehead atoms. The second kappa shape index (κ2) is 3.98. The number of ether oxygens (including phenoxy) is 1. The van der Waals surface area contributed by atoms with Crippen LogP contribution in [0.1, 0.15) is 34.1 Å². The quantitative estimate of drug-likeness (QED) is 0.771. The molecule has 1 atom stereocenters. The molecular weight excluding hydrogens is 228 g/mol. The van der Waals surface area contributed by atoms with Crippen LogP contribution in [0, 0.1) is 6.92 Å². The minimum Gasteiger partial charge on any atom is -0.484 e. The highest BCUT2D eigenvalue weighted by atomic mass is 16.5. The van der Waals surface area contributed by atoms with Crippen LogP contribution in [0.4, 0.5) is 0 Å². The Balaban J connectivity index is 1.99. The second-order valence-corrected chi connectivity index (χ2v) is 4.54. The van der Waals surface area contributed by atoms with Gasteiger partial charge in [0, 0.05) is 18.3 Å². The first-order valence-corrected chi connectivity index (χ1v) is 5.94. The first-order chi connectivity index (χ1) is 8.66. The van der Waals surface area contributed by atoms with Crippen molar-refractivity contribution in [2.75, 3.05) is 0 Å². The Bertz CT molecular complexity index is 616. The van der Waals surface area contributed by atoms with Crippen molar-refractivity contribution in [2.24, 2.45) is 7.05 Å². The molecule has 0 aliphatic carbocycles. The molecule has 3 rings (SSSR count). The van der Waals surface area contributed by atoms with Gasteiger partial charge >= 0.3 is 0 Å². The topological polar surface area (TPSA) is 44.1 Å². The molecule has 92 valence electrons. The number of Topliss-reactive ketones (excluding diaryl/α,β-unsaturated/α-hetero) is 1. The van der Waals surface area contributed by atoms with Crippen LogP contribution in [0.15, 0.2) is 30.5 Å². The summed E-state index contributed by atoms with van der Waals surface area (Å²) >= 11 is 0. The molecule has 0 N–H and O–H groups in total. The van der Waals surface area contributed by atoms with E-state index < -0.39 is 0 Å². The summed E-state index contributed by atoms with van der Waals surface area (Å²) in [7, 11) is 1.89. The van der Waals surface area contributed by atoms with Gasteiger partial charge in [0.25, 0.3) is 0 Å². The van der Waals surface area contributed by atoms with Gasteiger partial charge in [-0.1, -0.05) is 12.1 Å². The van der Waals surface area contributed by atoms with Crippen LogP contribution in [0.3, 0.4) is 0 Å². The van der Waals surface area contributed by atoms with E-state index in [1.54, 1.807) is 10.9 Å². The molecule has 0 saturated heterocycles. The zero-order chi connectivity index (χ0) is 12.7. The highest BCUT2D eigenvalue weighted by molar-refractivity contribution is 5.99. The number of carbonyl (C=O) groups excluding carboxylic acids is 1. The van der Waals surface area contributed by atoms with Crippen molar-refractivity contribution in [1.29, 1.82) is 0 Å². The van der Waals surface area contributed by atoms with E-state index in [0.717, 1.165) is 11.3 Å². The second-order valence-electron chi connectivity index (χ2n) is 4.54. The molecule has 1 aromatic carbocycles. The summed E-state index contributed by atoms with van der Waals surface area (Å²) in [5.41, 5.74) is 2.70. The maximum Gasteiger partial charge on any atom is 0.170 e. The number of fused-ring (bicyclic) bond motifs is 1. The summed E-state index contributed by atoms with van der Waals surface area (Å²) in [6.07, 6.45) is 1.94. The number of para-hydroxylation sites is 1. The van der Waals surface area contributed by atoms with Crippen LogP contribution >= 0.6 is 0 Å². The van der Waals surface area contributed by atoms with Gasteiger partial charge < -0.3 is 4.74 Å². The molecule has 4 heteroatoms. The summed E-state index contributed by atoms with van der Waals surface area (Å²) in [6.45, 7) is 1.98. The molecule has 18 heavy (non-hydrogen) atoms. The minimum atomic E-state index is -0.221. The van der Waals surface area contributed by atoms with Crippen molar-refractivity contribution in [1.82, 2.24) is 9.78 Å². The highest BCUT2D eigenvalue weighted by Gasteiger charge is 2.29. The van der Waals surface area contributed by atoms with Crippen molar-refractivity contribution >= 4 is 5.78 Å². The molecule has 1 aromatic heterocycles. The molecule has 0 fully saturated rings. The number of benzene rings is 1. The van der Waals surface area contributed by atoms with Gasteiger partial charge in [0.05, 0.1) is 18.2 Å². The highest BCUT2D eigenvalue weighted by Crippen LogP contribution is 2.35. The first-order valence-electron chi connectivity index (χ1n) is 5.94. The molecule has 4 nitrogen and oxygen atoms in total. The molecule has 2 aromatic rings. The first kappa shape index (κ1) is 11.0. The van der Waals surface area contributed by atoms with E-state index in [0.29, 0.717) is 17.7 Å². The predicted octanol–water partition coefficient (Wildman–Crippen LogP) is 2.44. The SMILES string of the molecule is Cc1c(C2CC(=O)c3ccccc3O2)cnn1C. The Morgan fingerprint density at radius 1 is 1.39 bits per heavy atom. The number of aromatic nitrogens is 2. The van der Waals surface area contributed by atoms with Gasteiger partial charge in [0.1, 0.15) is 11.9 Å². The number of rotatable bonds is 1. The van der Waals surface area contributed by atoms with E-state index in [4.69, 9.17) is 4.74 Å². The van der Waals surface area contributed by atoms with Crippen molar-refractivity contribution in [3.05, 3.63) is 47.3 Å². The lowest BCUT2D eigenvalue weighted by molar-refractivity contribution is 0.0849. The third-order valence-electron chi connectivity index (χ3n) is 3.45. The van der Waals surface area contributed by atoms with Gasteiger partial charge in [-0.05, 0) is 19.1 Å². The fourth-order valence-corrected chi connectivity index (χ4v) is 2.28. The number of aryl methyl sites for hydroxylation is 1. The zero-order valence-electron chi connectivity index (χ0n) is 10.4. The summed E-state index contributed by atoms with van der Waals surface area (Å²) in [5.74, 6) is 0.798. The summed E-state index contributed by atoms with van der Waals surface area (Å²) in [5, 5.41) is 4.20. The van der Waals surface area contributed by atoms with Crippen LogP contribution in [-0.2, 0) is 7.05 Å². The molecule has 0 spiro atoms. The fourth-order valence-electron chi connectivity index (χ4n) is 2.28. The van der Waals surface area contributed by atoms with Crippen LogP contribution in [0.2, 0.25) is 0 Å². The zero-order valence-corrected chi connectivity index (χ0v) is 10.4. The molecule has 2 heterocycles. The van der Waals surface area contributed by atoms with Gasteiger partial charge in [-0.2, -0.15) is 5.10 Å². The number of carbonyl (C=O) groups is 1. The molecular formula is C14H14N2O2. The standard InChI is InChI=1S/C14H14N2O2/c1-9-11(8-15-16(9)2)14-7-12(17)10-5-3-4-6-13(10)18-14/h3-6,8,14H,7H2,1-2H3. The predicted molar refractivity (Wildman–Crippen MR) is 66.7 cm³/mol. The molecule has 1 unspecified atom stereocenters. The lowest BCUT2D eigenvalue weighted by Crippen LogP contribution is -2.20. The largest absolute Gasteiger partial charge is 0.484 e.